The molecule has 2 atom stereocenters. The fourth-order valence-corrected chi connectivity index (χ4v) is 3.15. The summed E-state index contributed by atoms with van der Waals surface area (Å²) in [6, 6.07) is 16.7. The van der Waals surface area contributed by atoms with Crippen LogP contribution in [0.25, 0.3) is 0 Å². The van der Waals surface area contributed by atoms with Gasteiger partial charge in [0.15, 0.2) is 0 Å². The molecule has 0 saturated carbocycles. The van der Waals surface area contributed by atoms with Gasteiger partial charge in [0.05, 0.1) is 6.04 Å². The average molecular weight is 297 g/mol. The van der Waals surface area contributed by atoms with Crippen LogP contribution in [-0.4, -0.2) is 17.4 Å². The lowest BCUT2D eigenvalue weighted by Gasteiger charge is -2.25. The lowest BCUT2D eigenvalue weighted by molar-refractivity contribution is -0.132. The number of rotatable bonds is 4. The number of amides is 1. The zero-order valence-electron chi connectivity index (χ0n) is 12.7. The second kappa shape index (κ2) is 6.30. The highest BCUT2D eigenvalue weighted by Crippen LogP contribution is 2.30. The first-order valence-electron chi connectivity index (χ1n) is 7.75. The summed E-state index contributed by atoms with van der Waals surface area (Å²) < 4.78 is 13.0. The standard InChI is InChI=1S/C19H20FNO/c1-14(16-5-3-2-4-6-16)21-12-11-17(19(21)22)13-15-7-9-18(20)10-8-15/h2-10,14,17H,11-13H2,1H3/t14-,17?/m1/s1. The molecule has 0 aliphatic carbocycles. The maximum absolute atomic E-state index is 13.0. The molecule has 2 nitrogen and oxygen atoms in total. The second-order valence-electron chi connectivity index (χ2n) is 5.93. The third-order valence-electron chi connectivity index (χ3n) is 4.50. The number of likely N-dealkylation sites (tertiary alicyclic amines) is 1. The molecule has 1 fully saturated rings. The molecule has 1 aliphatic heterocycles. The highest BCUT2D eigenvalue weighted by molar-refractivity contribution is 5.81. The van der Waals surface area contributed by atoms with Gasteiger partial charge in [-0.05, 0) is 43.0 Å². The van der Waals surface area contributed by atoms with E-state index in [0.29, 0.717) is 6.42 Å². The summed E-state index contributed by atoms with van der Waals surface area (Å²) in [5.74, 6) is -0.0156. The first kappa shape index (κ1) is 14.8. The van der Waals surface area contributed by atoms with E-state index in [-0.39, 0.29) is 23.7 Å². The molecule has 3 heteroatoms. The Balaban J connectivity index is 1.68. The monoisotopic (exact) mass is 297 g/mol. The zero-order valence-corrected chi connectivity index (χ0v) is 12.7. The molecule has 0 bridgehead atoms. The molecular weight excluding hydrogens is 277 g/mol. The molecule has 2 aromatic rings. The molecule has 0 spiro atoms. The fourth-order valence-electron chi connectivity index (χ4n) is 3.15. The van der Waals surface area contributed by atoms with Gasteiger partial charge in [0.1, 0.15) is 5.82 Å². The van der Waals surface area contributed by atoms with Crippen molar-refractivity contribution in [2.45, 2.75) is 25.8 Å². The Labute approximate surface area is 130 Å². The third kappa shape index (κ3) is 3.03. The van der Waals surface area contributed by atoms with Crippen molar-refractivity contribution in [3.05, 3.63) is 71.5 Å². The van der Waals surface area contributed by atoms with Crippen LogP contribution in [0.3, 0.4) is 0 Å². The minimum absolute atomic E-state index is 0.0108. The van der Waals surface area contributed by atoms with Crippen molar-refractivity contribution in [3.63, 3.8) is 0 Å². The molecule has 3 rings (SSSR count). The molecule has 1 unspecified atom stereocenters. The Kier molecular flexibility index (Phi) is 4.23. The van der Waals surface area contributed by atoms with Gasteiger partial charge in [0.2, 0.25) is 5.91 Å². The van der Waals surface area contributed by atoms with E-state index in [4.69, 9.17) is 0 Å². The van der Waals surface area contributed by atoms with Gasteiger partial charge in [-0.1, -0.05) is 42.5 Å². The van der Waals surface area contributed by atoms with Crippen LogP contribution >= 0.6 is 0 Å². The first-order chi connectivity index (χ1) is 10.6. The van der Waals surface area contributed by atoms with Crippen LogP contribution < -0.4 is 0 Å². The Hall–Kier alpha value is -2.16. The smallest absolute Gasteiger partial charge is 0.226 e. The van der Waals surface area contributed by atoms with Gasteiger partial charge < -0.3 is 4.90 Å². The summed E-state index contributed by atoms with van der Waals surface area (Å²) in [5, 5.41) is 0. The van der Waals surface area contributed by atoms with E-state index in [0.717, 1.165) is 18.5 Å². The van der Waals surface area contributed by atoms with E-state index in [1.807, 2.05) is 23.1 Å². The van der Waals surface area contributed by atoms with Crippen molar-refractivity contribution >= 4 is 5.91 Å². The van der Waals surface area contributed by atoms with E-state index in [2.05, 4.69) is 19.1 Å². The summed E-state index contributed by atoms with van der Waals surface area (Å²) in [4.78, 5) is 14.6. The van der Waals surface area contributed by atoms with Gasteiger partial charge in [0.25, 0.3) is 0 Å². The highest BCUT2D eigenvalue weighted by atomic mass is 19.1. The van der Waals surface area contributed by atoms with E-state index in [1.165, 1.54) is 17.7 Å². The number of nitrogens with zero attached hydrogens (tertiary/aromatic N) is 1. The van der Waals surface area contributed by atoms with E-state index < -0.39 is 0 Å². The van der Waals surface area contributed by atoms with Crippen LogP contribution in [0.15, 0.2) is 54.6 Å². The van der Waals surface area contributed by atoms with Crippen LogP contribution in [0.1, 0.15) is 30.5 Å². The number of carbonyl (C=O) groups excluding carboxylic acids is 1. The molecular formula is C19H20FNO. The highest BCUT2D eigenvalue weighted by Gasteiger charge is 2.34. The summed E-state index contributed by atoms with van der Waals surface area (Å²) >= 11 is 0. The maximum atomic E-state index is 13.0. The van der Waals surface area contributed by atoms with Gasteiger partial charge in [-0.15, -0.1) is 0 Å². The SMILES string of the molecule is C[C@H](c1ccccc1)N1CCC(Cc2ccc(F)cc2)C1=O. The second-order valence-corrected chi connectivity index (χ2v) is 5.93. The minimum atomic E-state index is -0.235. The predicted molar refractivity (Wildman–Crippen MR) is 84.8 cm³/mol. The summed E-state index contributed by atoms with van der Waals surface area (Å²) in [6.45, 7) is 2.87. The molecule has 1 aliphatic rings. The van der Waals surface area contributed by atoms with E-state index >= 15 is 0 Å². The van der Waals surface area contributed by atoms with Gasteiger partial charge in [-0.2, -0.15) is 0 Å². The van der Waals surface area contributed by atoms with Crippen LogP contribution in [0, 0.1) is 11.7 Å². The van der Waals surface area contributed by atoms with Crippen LogP contribution in [-0.2, 0) is 11.2 Å². The molecule has 2 aromatic carbocycles. The van der Waals surface area contributed by atoms with Crippen molar-refractivity contribution in [1.82, 2.24) is 4.90 Å². The molecule has 22 heavy (non-hydrogen) atoms. The summed E-state index contributed by atoms with van der Waals surface area (Å²) in [5.41, 5.74) is 2.19. The molecule has 0 N–H and O–H groups in total. The number of hydrogen-bond acceptors (Lipinski definition) is 1. The summed E-state index contributed by atoms with van der Waals surface area (Å²) in [7, 11) is 0. The Bertz CT molecular complexity index is 638. The number of benzene rings is 2. The molecule has 1 amide bonds. The lowest BCUT2D eigenvalue weighted by Crippen LogP contribution is -2.30. The fraction of sp³-hybridized carbons (Fsp3) is 0.316. The van der Waals surface area contributed by atoms with Crippen LogP contribution in [0.5, 0.6) is 0 Å². The zero-order chi connectivity index (χ0) is 15.5. The molecule has 0 radical (unpaired) electrons. The maximum Gasteiger partial charge on any atom is 0.226 e. The van der Waals surface area contributed by atoms with Gasteiger partial charge in [-0.3, -0.25) is 4.79 Å². The summed E-state index contributed by atoms with van der Waals surface area (Å²) in [6.07, 6.45) is 1.56. The number of hydrogen-bond donors (Lipinski definition) is 0. The molecule has 1 heterocycles. The van der Waals surface area contributed by atoms with Crippen LogP contribution in [0.4, 0.5) is 4.39 Å². The first-order valence-corrected chi connectivity index (χ1v) is 7.75. The molecule has 114 valence electrons. The van der Waals surface area contributed by atoms with E-state index in [9.17, 15) is 9.18 Å². The topological polar surface area (TPSA) is 20.3 Å². The number of carbonyl (C=O) groups is 1. The lowest BCUT2D eigenvalue weighted by atomic mass is 9.98. The normalized spacial score (nSPS) is 19.5. The van der Waals surface area contributed by atoms with Crippen molar-refractivity contribution in [1.29, 1.82) is 0 Å². The van der Waals surface area contributed by atoms with E-state index in [1.54, 1.807) is 12.1 Å². The Morgan fingerprint density at radius 2 is 1.82 bits per heavy atom. The Morgan fingerprint density at radius 1 is 1.14 bits per heavy atom. The van der Waals surface area contributed by atoms with Gasteiger partial charge in [-0.25, -0.2) is 4.39 Å². The largest absolute Gasteiger partial charge is 0.336 e. The third-order valence-corrected chi connectivity index (χ3v) is 4.50. The van der Waals surface area contributed by atoms with Crippen molar-refractivity contribution in [2.75, 3.05) is 6.54 Å². The van der Waals surface area contributed by atoms with Crippen molar-refractivity contribution in [3.8, 4) is 0 Å². The predicted octanol–water partition coefficient (Wildman–Crippen LogP) is 3.98. The Morgan fingerprint density at radius 3 is 2.50 bits per heavy atom. The van der Waals surface area contributed by atoms with Crippen molar-refractivity contribution < 1.29 is 9.18 Å². The van der Waals surface area contributed by atoms with Gasteiger partial charge >= 0.3 is 0 Å². The minimum Gasteiger partial charge on any atom is -0.336 e. The van der Waals surface area contributed by atoms with Gasteiger partial charge in [0, 0.05) is 12.5 Å². The van der Waals surface area contributed by atoms with Crippen molar-refractivity contribution in [2.24, 2.45) is 5.92 Å². The average Bonchev–Trinajstić information content (AvgIpc) is 2.91. The molecule has 0 aromatic heterocycles. The number of halogens is 1. The van der Waals surface area contributed by atoms with Crippen LogP contribution in [0.2, 0.25) is 0 Å². The quantitative estimate of drug-likeness (QED) is 0.836. The molecule has 1 saturated heterocycles.